The van der Waals surface area contributed by atoms with Crippen molar-refractivity contribution in [2.24, 2.45) is 0 Å². The highest BCUT2D eigenvalue weighted by molar-refractivity contribution is 5.62. The molecule has 3 heterocycles. The normalized spacial score (nSPS) is 25.7. The first-order valence-electron chi connectivity index (χ1n) is 7.85. The molecule has 2 saturated heterocycles. The Labute approximate surface area is 124 Å². The van der Waals surface area contributed by atoms with Crippen molar-refractivity contribution in [1.29, 1.82) is 0 Å². The molecule has 0 saturated carbocycles. The van der Waals surface area contributed by atoms with Gasteiger partial charge in [0.2, 0.25) is 5.82 Å². The fraction of sp³-hybridized carbons (Fsp3) is 0.786. The van der Waals surface area contributed by atoms with E-state index in [1.807, 2.05) is 6.92 Å². The molecule has 0 bridgehead atoms. The minimum absolute atomic E-state index is 0.182. The van der Waals surface area contributed by atoms with E-state index in [0.29, 0.717) is 30.1 Å². The Hall–Kier alpha value is -1.63. The van der Waals surface area contributed by atoms with E-state index in [2.05, 4.69) is 15.3 Å². The second-order valence-electron chi connectivity index (χ2n) is 5.94. The molecule has 2 atom stereocenters. The molecule has 0 aliphatic carbocycles. The van der Waals surface area contributed by atoms with Crippen LogP contribution in [0, 0.1) is 17.0 Å². The third-order valence-corrected chi connectivity index (χ3v) is 4.69. The number of aromatic nitrogens is 2. The smallest absolute Gasteiger partial charge is 0.333 e. The lowest BCUT2D eigenvalue weighted by Gasteiger charge is -2.30. The van der Waals surface area contributed by atoms with Crippen LogP contribution in [0.2, 0.25) is 0 Å². The zero-order chi connectivity index (χ0) is 15.0. The Bertz CT molecular complexity index is 536. The largest absolute Gasteiger partial charge is 0.347 e. The number of hydrogen-bond acceptors (Lipinski definition) is 5. The fourth-order valence-electron chi connectivity index (χ4n) is 3.79. The Kier molecular flexibility index (Phi) is 3.84. The van der Waals surface area contributed by atoms with Crippen molar-refractivity contribution in [3.63, 3.8) is 0 Å². The van der Waals surface area contributed by atoms with E-state index in [9.17, 15) is 10.1 Å². The average Bonchev–Trinajstić information content (AvgIpc) is 3.16. The van der Waals surface area contributed by atoms with Crippen LogP contribution in [-0.2, 0) is 6.54 Å². The first-order valence-corrected chi connectivity index (χ1v) is 7.85. The molecule has 0 amide bonds. The molecule has 2 unspecified atom stereocenters. The highest BCUT2D eigenvalue weighted by Crippen LogP contribution is 2.37. The van der Waals surface area contributed by atoms with Gasteiger partial charge in [-0.3, -0.25) is 10.1 Å². The molecule has 7 nitrogen and oxygen atoms in total. The van der Waals surface area contributed by atoms with Gasteiger partial charge in [0.05, 0.1) is 4.92 Å². The van der Waals surface area contributed by atoms with Crippen molar-refractivity contribution in [2.75, 3.05) is 18.0 Å². The number of nitro groups is 1. The second-order valence-corrected chi connectivity index (χ2v) is 5.94. The SMILES string of the molecule is CCn1nc(C)c([N+](=O)[O-])c1N1CCCC1C1CCCN1. The van der Waals surface area contributed by atoms with E-state index in [0.717, 1.165) is 32.4 Å². The van der Waals surface area contributed by atoms with Crippen LogP contribution in [-0.4, -0.2) is 39.9 Å². The van der Waals surface area contributed by atoms with Crippen LogP contribution < -0.4 is 10.2 Å². The lowest BCUT2D eigenvalue weighted by molar-refractivity contribution is -0.384. The highest BCUT2D eigenvalue weighted by atomic mass is 16.6. The van der Waals surface area contributed by atoms with E-state index in [-0.39, 0.29) is 10.6 Å². The minimum Gasteiger partial charge on any atom is -0.347 e. The van der Waals surface area contributed by atoms with Gasteiger partial charge in [-0.15, -0.1) is 0 Å². The van der Waals surface area contributed by atoms with Crippen LogP contribution in [0.3, 0.4) is 0 Å². The molecule has 7 heteroatoms. The number of nitrogens with one attached hydrogen (secondary N) is 1. The molecule has 2 aliphatic heterocycles. The predicted octanol–water partition coefficient (Wildman–Crippen LogP) is 1.84. The molecular formula is C14H23N5O2. The lowest BCUT2D eigenvalue weighted by atomic mass is 10.0. The summed E-state index contributed by atoms with van der Waals surface area (Å²) in [4.78, 5) is 13.4. The van der Waals surface area contributed by atoms with E-state index in [1.165, 1.54) is 6.42 Å². The molecule has 2 fully saturated rings. The number of rotatable bonds is 4. The summed E-state index contributed by atoms with van der Waals surface area (Å²) in [7, 11) is 0. The number of anilines is 1. The van der Waals surface area contributed by atoms with Gasteiger partial charge in [0.25, 0.3) is 0 Å². The summed E-state index contributed by atoms with van der Waals surface area (Å²) < 4.78 is 1.79. The molecule has 3 rings (SSSR count). The molecule has 116 valence electrons. The summed E-state index contributed by atoms with van der Waals surface area (Å²) in [5, 5.41) is 19.4. The van der Waals surface area contributed by atoms with Crippen LogP contribution in [0.15, 0.2) is 0 Å². The molecule has 0 spiro atoms. The minimum atomic E-state index is -0.277. The summed E-state index contributed by atoms with van der Waals surface area (Å²) in [6.45, 7) is 6.31. The van der Waals surface area contributed by atoms with E-state index in [4.69, 9.17) is 0 Å². The lowest BCUT2D eigenvalue weighted by Crippen LogP contribution is -2.45. The fourth-order valence-corrected chi connectivity index (χ4v) is 3.79. The third-order valence-electron chi connectivity index (χ3n) is 4.69. The van der Waals surface area contributed by atoms with Gasteiger partial charge in [0.15, 0.2) is 0 Å². The van der Waals surface area contributed by atoms with Crippen LogP contribution >= 0.6 is 0 Å². The van der Waals surface area contributed by atoms with Crippen LogP contribution in [0.4, 0.5) is 11.5 Å². The summed E-state index contributed by atoms with van der Waals surface area (Å²) in [5.74, 6) is 0.705. The van der Waals surface area contributed by atoms with E-state index < -0.39 is 0 Å². The van der Waals surface area contributed by atoms with E-state index >= 15 is 0 Å². The van der Waals surface area contributed by atoms with Gasteiger partial charge in [-0.2, -0.15) is 5.10 Å². The topological polar surface area (TPSA) is 76.2 Å². The van der Waals surface area contributed by atoms with E-state index in [1.54, 1.807) is 11.6 Å². The molecule has 0 aromatic carbocycles. The van der Waals surface area contributed by atoms with Crippen molar-refractivity contribution in [1.82, 2.24) is 15.1 Å². The molecule has 21 heavy (non-hydrogen) atoms. The molecule has 1 aromatic heterocycles. The van der Waals surface area contributed by atoms with Crippen molar-refractivity contribution < 1.29 is 4.92 Å². The monoisotopic (exact) mass is 293 g/mol. The maximum atomic E-state index is 11.5. The summed E-state index contributed by atoms with van der Waals surface area (Å²) >= 11 is 0. The predicted molar refractivity (Wildman–Crippen MR) is 80.7 cm³/mol. The van der Waals surface area contributed by atoms with Crippen molar-refractivity contribution in [3.8, 4) is 0 Å². The van der Waals surface area contributed by atoms with Gasteiger partial charge < -0.3 is 10.2 Å². The quantitative estimate of drug-likeness (QED) is 0.677. The van der Waals surface area contributed by atoms with Gasteiger partial charge in [0.1, 0.15) is 5.69 Å². The Balaban J connectivity index is 1.99. The zero-order valence-corrected chi connectivity index (χ0v) is 12.7. The molecule has 2 aliphatic rings. The van der Waals surface area contributed by atoms with Crippen LogP contribution in [0.1, 0.15) is 38.3 Å². The van der Waals surface area contributed by atoms with Gasteiger partial charge in [0, 0.05) is 25.2 Å². The van der Waals surface area contributed by atoms with Crippen molar-refractivity contribution >= 4 is 11.5 Å². The van der Waals surface area contributed by atoms with Gasteiger partial charge >= 0.3 is 5.69 Å². The Morgan fingerprint density at radius 3 is 2.86 bits per heavy atom. The number of nitrogens with zero attached hydrogens (tertiary/aromatic N) is 4. The van der Waals surface area contributed by atoms with Gasteiger partial charge in [-0.05, 0) is 46.1 Å². The highest BCUT2D eigenvalue weighted by Gasteiger charge is 2.39. The molecule has 0 radical (unpaired) electrons. The Morgan fingerprint density at radius 2 is 2.24 bits per heavy atom. The van der Waals surface area contributed by atoms with Crippen LogP contribution in [0.5, 0.6) is 0 Å². The summed E-state index contributed by atoms with van der Waals surface area (Å²) in [6.07, 6.45) is 4.55. The standard InChI is InChI=1S/C14H23N5O2/c1-3-18-14(13(19(20)21)10(2)16-18)17-9-5-7-12(17)11-6-4-8-15-11/h11-12,15H,3-9H2,1-2H3. The van der Waals surface area contributed by atoms with Gasteiger partial charge in [-0.1, -0.05) is 0 Å². The zero-order valence-electron chi connectivity index (χ0n) is 12.7. The molecule has 1 N–H and O–H groups in total. The van der Waals surface area contributed by atoms with Crippen LogP contribution in [0.25, 0.3) is 0 Å². The number of aryl methyl sites for hydroxylation is 2. The second kappa shape index (κ2) is 5.63. The number of hydrogen-bond donors (Lipinski definition) is 1. The summed E-state index contributed by atoms with van der Waals surface area (Å²) in [6, 6.07) is 0.806. The van der Waals surface area contributed by atoms with Crippen molar-refractivity contribution in [3.05, 3.63) is 15.8 Å². The molecular weight excluding hydrogens is 270 g/mol. The third kappa shape index (κ3) is 2.39. The average molecular weight is 293 g/mol. The van der Waals surface area contributed by atoms with Gasteiger partial charge in [-0.25, -0.2) is 4.68 Å². The maximum absolute atomic E-state index is 11.5. The maximum Gasteiger partial charge on any atom is 0.333 e. The first-order chi connectivity index (χ1) is 10.1. The summed E-state index contributed by atoms with van der Waals surface area (Å²) in [5.41, 5.74) is 0.698. The first kappa shape index (κ1) is 14.3. The van der Waals surface area contributed by atoms with Crippen molar-refractivity contribution in [2.45, 2.75) is 58.2 Å². The Morgan fingerprint density at radius 1 is 1.43 bits per heavy atom. The molecule has 1 aromatic rings.